The monoisotopic (exact) mass is 406 g/mol. The SMILES string of the molecule is COc1ccc(NS(=O)(=O)c2cc(-c3onc(C)c3C)ccc2C)cc1Cl. The molecule has 0 aliphatic rings. The Labute approximate surface area is 163 Å². The van der Waals surface area contributed by atoms with Gasteiger partial charge in [-0.05, 0) is 50.6 Å². The van der Waals surface area contributed by atoms with Crippen LogP contribution in [-0.2, 0) is 10.0 Å². The molecule has 0 unspecified atom stereocenters. The van der Waals surface area contributed by atoms with Gasteiger partial charge in [0.25, 0.3) is 10.0 Å². The number of aryl methyl sites for hydroxylation is 2. The molecule has 0 bridgehead atoms. The van der Waals surface area contributed by atoms with Crippen molar-refractivity contribution in [2.45, 2.75) is 25.7 Å². The summed E-state index contributed by atoms with van der Waals surface area (Å²) in [6.07, 6.45) is 0. The van der Waals surface area contributed by atoms with Gasteiger partial charge in [0.2, 0.25) is 0 Å². The zero-order valence-electron chi connectivity index (χ0n) is 15.3. The number of anilines is 1. The van der Waals surface area contributed by atoms with E-state index in [1.165, 1.54) is 13.2 Å². The molecule has 142 valence electrons. The first-order valence-electron chi connectivity index (χ1n) is 8.13. The molecule has 3 aromatic rings. The van der Waals surface area contributed by atoms with E-state index < -0.39 is 10.0 Å². The van der Waals surface area contributed by atoms with Crippen LogP contribution in [0.5, 0.6) is 5.75 Å². The molecule has 1 N–H and O–H groups in total. The van der Waals surface area contributed by atoms with Gasteiger partial charge in [-0.1, -0.05) is 28.9 Å². The molecule has 0 fully saturated rings. The van der Waals surface area contributed by atoms with Gasteiger partial charge in [0.1, 0.15) is 5.75 Å². The lowest BCUT2D eigenvalue weighted by Gasteiger charge is -2.12. The number of nitrogens with zero attached hydrogens (tertiary/aromatic N) is 1. The summed E-state index contributed by atoms with van der Waals surface area (Å²) in [6.45, 7) is 5.45. The van der Waals surface area contributed by atoms with Crippen molar-refractivity contribution >= 4 is 27.3 Å². The van der Waals surface area contributed by atoms with Crippen LogP contribution in [0.25, 0.3) is 11.3 Å². The number of sulfonamides is 1. The third-order valence-corrected chi connectivity index (χ3v) is 6.12. The summed E-state index contributed by atoms with van der Waals surface area (Å²) in [7, 11) is -2.34. The molecule has 0 atom stereocenters. The zero-order valence-corrected chi connectivity index (χ0v) is 16.9. The summed E-state index contributed by atoms with van der Waals surface area (Å²) < 4.78 is 38.9. The van der Waals surface area contributed by atoms with Crippen molar-refractivity contribution in [3.63, 3.8) is 0 Å². The normalized spacial score (nSPS) is 11.4. The Morgan fingerprint density at radius 3 is 2.44 bits per heavy atom. The van der Waals surface area contributed by atoms with E-state index in [1.54, 1.807) is 31.2 Å². The van der Waals surface area contributed by atoms with Gasteiger partial charge in [0.15, 0.2) is 5.76 Å². The Morgan fingerprint density at radius 1 is 1.11 bits per heavy atom. The van der Waals surface area contributed by atoms with E-state index >= 15 is 0 Å². The lowest BCUT2D eigenvalue weighted by molar-refractivity contribution is 0.415. The average Bonchev–Trinajstić information content (AvgIpc) is 2.94. The maximum absolute atomic E-state index is 12.9. The van der Waals surface area contributed by atoms with Crippen LogP contribution in [-0.4, -0.2) is 20.7 Å². The number of rotatable bonds is 5. The maximum Gasteiger partial charge on any atom is 0.262 e. The van der Waals surface area contributed by atoms with Gasteiger partial charge in [0.05, 0.1) is 28.4 Å². The van der Waals surface area contributed by atoms with Gasteiger partial charge in [-0.3, -0.25) is 4.72 Å². The van der Waals surface area contributed by atoms with Gasteiger partial charge in [0, 0.05) is 11.1 Å². The highest BCUT2D eigenvalue weighted by atomic mass is 35.5. The number of methoxy groups -OCH3 is 1. The van der Waals surface area contributed by atoms with Crippen molar-refractivity contribution in [3.05, 3.63) is 58.2 Å². The quantitative estimate of drug-likeness (QED) is 0.662. The molecule has 0 aliphatic carbocycles. The molecule has 0 radical (unpaired) electrons. The largest absolute Gasteiger partial charge is 0.495 e. The summed E-state index contributed by atoms with van der Waals surface area (Å²) in [6, 6.07) is 9.82. The maximum atomic E-state index is 12.9. The molecule has 2 aromatic carbocycles. The summed E-state index contributed by atoms with van der Waals surface area (Å²) in [5.74, 6) is 1.02. The fourth-order valence-corrected chi connectivity index (χ4v) is 4.23. The second kappa shape index (κ2) is 7.25. The molecular weight excluding hydrogens is 388 g/mol. The molecule has 1 heterocycles. The number of hydrogen-bond acceptors (Lipinski definition) is 5. The predicted molar refractivity (Wildman–Crippen MR) is 105 cm³/mol. The molecule has 27 heavy (non-hydrogen) atoms. The second-order valence-corrected chi connectivity index (χ2v) is 8.22. The van der Waals surface area contributed by atoms with Crippen molar-refractivity contribution < 1.29 is 17.7 Å². The van der Waals surface area contributed by atoms with Crippen LogP contribution in [0.2, 0.25) is 5.02 Å². The van der Waals surface area contributed by atoms with Gasteiger partial charge in [-0.25, -0.2) is 8.42 Å². The van der Waals surface area contributed by atoms with Crippen LogP contribution >= 0.6 is 11.6 Å². The van der Waals surface area contributed by atoms with E-state index in [1.807, 2.05) is 19.9 Å². The number of halogens is 1. The van der Waals surface area contributed by atoms with Crippen LogP contribution in [0, 0.1) is 20.8 Å². The van der Waals surface area contributed by atoms with Crippen molar-refractivity contribution in [3.8, 4) is 17.1 Å². The van der Waals surface area contributed by atoms with Gasteiger partial charge in [-0.15, -0.1) is 0 Å². The molecular formula is C19H19ClN2O4S. The smallest absolute Gasteiger partial charge is 0.262 e. The van der Waals surface area contributed by atoms with E-state index in [0.717, 1.165) is 11.3 Å². The predicted octanol–water partition coefficient (Wildman–Crippen LogP) is 4.73. The third kappa shape index (κ3) is 3.79. The topological polar surface area (TPSA) is 81.4 Å². The van der Waals surface area contributed by atoms with E-state index in [4.69, 9.17) is 20.9 Å². The highest BCUT2D eigenvalue weighted by Gasteiger charge is 2.20. The van der Waals surface area contributed by atoms with Crippen molar-refractivity contribution in [1.82, 2.24) is 5.16 Å². The van der Waals surface area contributed by atoms with Crippen molar-refractivity contribution in [2.75, 3.05) is 11.8 Å². The highest BCUT2D eigenvalue weighted by molar-refractivity contribution is 7.92. The Bertz CT molecular complexity index is 1110. The number of benzene rings is 2. The van der Waals surface area contributed by atoms with Gasteiger partial charge >= 0.3 is 0 Å². The first-order chi connectivity index (χ1) is 12.7. The molecule has 3 rings (SSSR count). The van der Waals surface area contributed by atoms with E-state index in [0.29, 0.717) is 33.3 Å². The number of nitrogens with one attached hydrogen (secondary N) is 1. The first-order valence-corrected chi connectivity index (χ1v) is 9.99. The summed E-state index contributed by atoms with van der Waals surface area (Å²) in [4.78, 5) is 0.153. The zero-order chi connectivity index (χ0) is 19.8. The Balaban J connectivity index is 2.00. The summed E-state index contributed by atoms with van der Waals surface area (Å²) in [5.41, 5.74) is 3.24. The Morgan fingerprint density at radius 2 is 1.85 bits per heavy atom. The van der Waals surface area contributed by atoms with Crippen LogP contribution in [0.4, 0.5) is 5.69 Å². The minimum Gasteiger partial charge on any atom is -0.495 e. The molecule has 8 heteroatoms. The molecule has 6 nitrogen and oxygen atoms in total. The van der Waals surface area contributed by atoms with Gasteiger partial charge in [-0.2, -0.15) is 0 Å². The Kier molecular flexibility index (Phi) is 5.17. The molecule has 0 spiro atoms. The first kappa shape index (κ1) is 19.3. The summed E-state index contributed by atoms with van der Waals surface area (Å²) in [5, 5.41) is 4.25. The van der Waals surface area contributed by atoms with Gasteiger partial charge < -0.3 is 9.26 Å². The van der Waals surface area contributed by atoms with Crippen molar-refractivity contribution in [2.24, 2.45) is 0 Å². The molecule has 1 aromatic heterocycles. The molecule has 0 saturated carbocycles. The van der Waals surface area contributed by atoms with E-state index in [-0.39, 0.29) is 4.90 Å². The minimum absolute atomic E-state index is 0.153. The van der Waals surface area contributed by atoms with Crippen LogP contribution in [0.15, 0.2) is 45.8 Å². The molecule has 0 saturated heterocycles. The second-order valence-electron chi connectivity index (χ2n) is 6.16. The molecule has 0 amide bonds. The van der Waals surface area contributed by atoms with E-state index in [2.05, 4.69) is 9.88 Å². The lowest BCUT2D eigenvalue weighted by Crippen LogP contribution is -2.14. The summed E-state index contributed by atoms with van der Waals surface area (Å²) >= 11 is 6.08. The van der Waals surface area contributed by atoms with Crippen LogP contribution < -0.4 is 9.46 Å². The number of aromatic nitrogens is 1. The minimum atomic E-state index is -3.83. The molecule has 0 aliphatic heterocycles. The third-order valence-electron chi connectivity index (χ3n) is 4.30. The van der Waals surface area contributed by atoms with Crippen molar-refractivity contribution in [1.29, 1.82) is 0 Å². The average molecular weight is 407 g/mol. The fourth-order valence-electron chi connectivity index (χ4n) is 2.66. The lowest BCUT2D eigenvalue weighted by atomic mass is 10.1. The Hall–Kier alpha value is -2.51. The highest BCUT2D eigenvalue weighted by Crippen LogP contribution is 2.31. The van der Waals surface area contributed by atoms with Crippen LogP contribution in [0.3, 0.4) is 0 Å². The standard InChI is InChI=1S/C19H19ClN2O4S/c1-11-5-6-14(19-12(2)13(3)21-26-19)9-18(11)27(23,24)22-15-7-8-17(25-4)16(20)10-15/h5-10,22H,1-4H3. The van der Waals surface area contributed by atoms with Crippen LogP contribution in [0.1, 0.15) is 16.8 Å². The fraction of sp³-hybridized carbons (Fsp3) is 0.211. The number of ether oxygens (including phenoxy) is 1. The van der Waals surface area contributed by atoms with E-state index in [9.17, 15) is 8.42 Å². The number of hydrogen-bond donors (Lipinski definition) is 1.